The summed E-state index contributed by atoms with van der Waals surface area (Å²) in [5.41, 5.74) is 0. The van der Waals surface area contributed by atoms with Crippen LogP contribution in [0.5, 0.6) is 0 Å². The molecule has 0 saturated heterocycles. The van der Waals surface area contributed by atoms with E-state index in [4.69, 9.17) is 10.00 Å². The molecule has 0 aliphatic rings. The molecule has 0 aromatic heterocycles. The molecule has 0 heterocycles. The Morgan fingerprint density at radius 1 is 0.762 bits per heavy atom. The van der Waals surface area contributed by atoms with Crippen LogP contribution in [0.2, 0.25) is 0 Å². The molecule has 0 bridgehead atoms. The van der Waals surface area contributed by atoms with Gasteiger partial charge in [-0.1, -0.05) is 76.9 Å². The average molecular weight is 293 g/mol. The highest BCUT2D eigenvalue weighted by molar-refractivity contribution is 4.81. The summed E-state index contributed by atoms with van der Waals surface area (Å²) in [6.07, 6.45) is 21.2. The summed E-state index contributed by atoms with van der Waals surface area (Å²) in [6.45, 7) is 3.59. The molecule has 0 unspecified atom stereocenters. The van der Waals surface area contributed by atoms with Crippen LogP contribution in [0.3, 0.4) is 0 Å². The lowest BCUT2D eigenvalue weighted by atomic mass is 10.1. The SMILES string of the molecule is CCCCCCCCCCCC/C=C/CCOCCC#N. The second-order valence-electron chi connectivity index (χ2n) is 5.75. The largest absolute Gasteiger partial charge is 0.380 e. The molecule has 122 valence electrons. The first-order chi connectivity index (χ1) is 10.4. The standard InChI is InChI=1S/C19H35NO/c1-2-3-4-5-6-7-8-9-10-11-12-13-14-15-18-21-19-16-17-20/h13-14H,2-12,15-16,18-19H2,1H3/b14-13+. The van der Waals surface area contributed by atoms with E-state index in [1.165, 1.54) is 70.6 Å². The van der Waals surface area contributed by atoms with E-state index in [-0.39, 0.29) is 0 Å². The lowest BCUT2D eigenvalue weighted by Gasteiger charge is -2.01. The molecular formula is C19H35NO. The minimum Gasteiger partial charge on any atom is -0.380 e. The molecule has 0 atom stereocenters. The monoisotopic (exact) mass is 293 g/mol. The van der Waals surface area contributed by atoms with Crippen molar-refractivity contribution in [2.75, 3.05) is 13.2 Å². The number of allylic oxidation sites excluding steroid dienone is 1. The molecule has 0 spiro atoms. The van der Waals surface area contributed by atoms with Crippen molar-refractivity contribution in [3.63, 3.8) is 0 Å². The predicted molar refractivity (Wildman–Crippen MR) is 91.3 cm³/mol. The van der Waals surface area contributed by atoms with E-state index in [0.29, 0.717) is 13.0 Å². The number of rotatable bonds is 16. The number of ether oxygens (including phenoxy) is 1. The van der Waals surface area contributed by atoms with Gasteiger partial charge in [0.05, 0.1) is 25.7 Å². The zero-order valence-corrected chi connectivity index (χ0v) is 14.1. The fourth-order valence-electron chi connectivity index (χ4n) is 2.36. The van der Waals surface area contributed by atoms with Crippen LogP contribution in [-0.2, 0) is 4.74 Å². The van der Waals surface area contributed by atoms with Gasteiger partial charge in [0.1, 0.15) is 0 Å². The van der Waals surface area contributed by atoms with Gasteiger partial charge in [0.15, 0.2) is 0 Å². The number of hydrogen-bond acceptors (Lipinski definition) is 2. The first-order valence-corrected chi connectivity index (χ1v) is 9.01. The number of unbranched alkanes of at least 4 members (excludes halogenated alkanes) is 10. The number of nitriles is 1. The molecule has 0 aliphatic carbocycles. The minimum atomic E-state index is 0.502. The molecule has 0 N–H and O–H groups in total. The van der Waals surface area contributed by atoms with Crippen LogP contribution in [0.1, 0.15) is 90.4 Å². The third-order valence-corrected chi connectivity index (χ3v) is 3.68. The van der Waals surface area contributed by atoms with Crippen LogP contribution in [-0.4, -0.2) is 13.2 Å². The van der Waals surface area contributed by atoms with E-state index in [0.717, 1.165) is 13.0 Å². The summed E-state index contributed by atoms with van der Waals surface area (Å²) in [5, 5.41) is 8.35. The molecule has 0 aliphatic heterocycles. The second kappa shape index (κ2) is 19.2. The van der Waals surface area contributed by atoms with Gasteiger partial charge < -0.3 is 4.74 Å². The van der Waals surface area contributed by atoms with E-state index < -0.39 is 0 Å². The third kappa shape index (κ3) is 19.2. The highest BCUT2D eigenvalue weighted by atomic mass is 16.5. The fraction of sp³-hybridized carbons (Fsp3) is 0.842. The topological polar surface area (TPSA) is 33.0 Å². The van der Waals surface area contributed by atoms with Crippen LogP contribution in [0.25, 0.3) is 0 Å². The lowest BCUT2D eigenvalue weighted by molar-refractivity contribution is 0.144. The van der Waals surface area contributed by atoms with Gasteiger partial charge in [0.25, 0.3) is 0 Å². The van der Waals surface area contributed by atoms with Crippen molar-refractivity contribution in [1.29, 1.82) is 5.26 Å². The Bertz CT molecular complexity index is 255. The first kappa shape index (κ1) is 20.2. The van der Waals surface area contributed by atoms with Gasteiger partial charge in [0.2, 0.25) is 0 Å². The van der Waals surface area contributed by atoms with Crippen LogP contribution in [0, 0.1) is 11.3 Å². The van der Waals surface area contributed by atoms with Crippen molar-refractivity contribution in [3.8, 4) is 6.07 Å². The van der Waals surface area contributed by atoms with Gasteiger partial charge in [-0.05, 0) is 19.3 Å². The van der Waals surface area contributed by atoms with E-state index in [1.807, 2.05) is 0 Å². The van der Waals surface area contributed by atoms with Crippen molar-refractivity contribution >= 4 is 0 Å². The minimum absolute atomic E-state index is 0.502. The van der Waals surface area contributed by atoms with Crippen LogP contribution < -0.4 is 0 Å². The third-order valence-electron chi connectivity index (χ3n) is 3.68. The summed E-state index contributed by atoms with van der Waals surface area (Å²) < 4.78 is 5.31. The normalized spacial score (nSPS) is 11.0. The molecule has 0 radical (unpaired) electrons. The van der Waals surface area contributed by atoms with Crippen molar-refractivity contribution < 1.29 is 4.74 Å². The molecule has 2 nitrogen and oxygen atoms in total. The predicted octanol–water partition coefficient (Wildman–Crippen LogP) is 6.17. The van der Waals surface area contributed by atoms with Gasteiger partial charge in [-0.15, -0.1) is 0 Å². The van der Waals surface area contributed by atoms with Gasteiger partial charge in [-0.3, -0.25) is 0 Å². The fourth-order valence-corrected chi connectivity index (χ4v) is 2.36. The number of nitrogens with zero attached hydrogens (tertiary/aromatic N) is 1. The molecule has 0 aromatic carbocycles. The maximum Gasteiger partial charge on any atom is 0.0645 e. The van der Waals surface area contributed by atoms with Crippen LogP contribution in [0.15, 0.2) is 12.2 Å². The van der Waals surface area contributed by atoms with Crippen molar-refractivity contribution in [2.45, 2.75) is 90.4 Å². The van der Waals surface area contributed by atoms with E-state index in [1.54, 1.807) is 0 Å². The summed E-state index contributed by atoms with van der Waals surface area (Å²) in [7, 11) is 0. The Kier molecular flexibility index (Phi) is 18.4. The molecule has 21 heavy (non-hydrogen) atoms. The molecule has 0 fully saturated rings. The van der Waals surface area contributed by atoms with Gasteiger partial charge in [-0.25, -0.2) is 0 Å². The summed E-state index contributed by atoms with van der Waals surface area (Å²) in [6, 6.07) is 2.08. The smallest absolute Gasteiger partial charge is 0.0645 e. The Hall–Kier alpha value is -0.810. The lowest BCUT2D eigenvalue weighted by Crippen LogP contribution is -1.94. The Morgan fingerprint density at radius 2 is 1.33 bits per heavy atom. The van der Waals surface area contributed by atoms with Gasteiger partial charge >= 0.3 is 0 Å². The summed E-state index contributed by atoms with van der Waals surface area (Å²) >= 11 is 0. The van der Waals surface area contributed by atoms with E-state index in [9.17, 15) is 0 Å². The highest BCUT2D eigenvalue weighted by Crippen LogP contribution is 2.11. The van der Waals surface area contributed by atoms with Gasteiger partial charge in [0, 0.05) is 0 Å². The van der Waals surface area contributed by atoms with Gasteiger partial charge in [-0.2, -0.15) is 5.26 Å². The molecule has 2 heteroatoms. The highest BCUT2D eigenvalue weighted by Gasteiger charge is 1.92. The van der Waals surface area contributed by atoms with E-state index in [2.05, 4.69) is 25.1 Å². The molecular weight excluding hydrogens is 258 g/mol. The van der Waals surface area contributed by atoms with Crippen LogP contribution >= 0.6 is 0 Å². The quantitative estimate of drug-likeness (QED) is 0.252. The van der Waals surface area contributed by atoms with Crippen molar-refractivity contribution in [1.82, 2.24) is 0 Å². The zero-order chi connectivity index (χ0) is 15.4. The Morgan fingerprint density at radius 3 is 1.95 bits per heavy atom. The first-order valence-electron chi connectivity index (χ1n) is 9.01. The second-order valence-corrected chi connectivity index (χ2v) is 5.75. The average Bonchev–Trinajstić information content (AvgIpc) is 2.50. The maximum atomic E-state index is 8.35. The number of hydrogen-bond donors (Lipinski definition) is 0. The molecule has 0 rings (SSSR count). The molecule has 0 saturated carbocycles. The van der Waals surface area contributed by atoms with Crippen LogP contribution in [0.4, 0.5) is 0 Å². The van der Waals surface area contributed by atoms with Crippen molar-refractivity contribution in [2.24, 2.45) is 0 Å². The van der Waals surface area contributed by atoms with E-state index >= 15 is 0 Å². The molecule has 0 amide bonds. The maximum absolute atomic E-state index is 8.35. The Labute approximate surface area is 132 Å². The Balaban J connectivity index is 3.03. The summed E-state index contributed by atoms with van der Waals surface area (Å²) in [5.74, 6) is 0. The zero-order valence-electron chi connectivity index (χ0n) is 14.1. The summed E-state index contributed by atoms with van der Waals surface area (Å²) in [4.78, 5) is 0. The molecule has 0 aromatic rings. The van der Waals surface area contributed by atoms with Crippen molar-refractivity contribution in [3.05, 3.63) is 12.2 Å².